The lowest BCUT2D eigenvalue weighted by atomic mass is 10.2. The standard InChI is InChI=1S/C21H15BrN2O3/c1-26-19-8-4-5-13(20(19)25)12-23-14-9-10-18-17(11-14)24-21(27-18)15-6-2-3-7-16(15)22/h2-12,25H,1H3. The van der Waals surface area contributed by atoms with E-state index in [-0.39, 0.29) is 5.75 Å². The third-order valence-electron chi connectivity index (χ3n) is 4.08. The molecule has 0 radical (unpaired) electrons. The van der Waals surface area contributed by atoms with Crippen molar-refractivity contribution in [1.29, 1.82) is 0 Å². The highest BCUT2D eigenvalue weighted by Gasteiger charge is 2.11. The zero-order valence-electron chi connectivity index (χ0n) is 14.4. The zero-order chi connectivity index (χ0) is 18.8. The van der Waals surface area contributed by atoms with E-state index in [1.807, 2.05) is 42.5 Å². The van der Waals surface area contributed by atoms with Gasteiger partial charge in [0.2, 0.25) is 5.89 Å². The third kappa shape index (κ3) is 3.44. The molecule has 0 fully saturated rings. The summed E-state index contributed by atoms with van der Waals surface area (Å²) < 4.78 is 11.9. The van der Waals surface area contributed by atoms with E-state index in [0.717, 1.165) is 10.0 Å². The van der Waals surface area contributed by atoms with Crippen LogP contribution in [0.15, 0.2) is 74.5 Å². The van der Waals surface area contributed by atoms with E-state index in [0.29, 0.717) is 34.0 Å². The Labute approximate surface area is 164 Å². The number of aromatic hydroxyl groups is 1. The number of nitrogens with zero attached hydrogens (tertiary/aromatic N) is 2. The molecule has 0 aliphatic carbocycles. The number of para-hydroxylation sites is 1. The molecule has 0 atom stereocenters. The minimum Gasteiger partial charge on any atom is -0.504 e. The second-order valence-corrected chi connectivity index (χ2v) is 6.66. The Bertz CT molecular complexity index is 1150. The molecule has 0 aliphatic rings. The molecule has 3 aromatic carbocycles. The van der Waals surface area contributed by atoms with Crippen LogP contribution < -0.4 is 4.74 Å². The highest BCUT2D eigenvalue weighted by Crippen LogP contribution is 2.32. The van der Waals surface area contributed by atoms with Gasteiger partial charge >= 0.3 is 0 Å². The summed E-state index contributed by atoms with van der Waals surface area (Å²) in [6.07, 6.45) is 1.59. The maximum Gasteiger partial charge on any atom is 0.228 e. The number of hydrogen-bond acceptors (Lipinski definition) is 5. The number of hydrogen-bond donors (Lipinski definition) is 1. The first-order valence-corrected chi connectivity index (χ1v) is 9.00. The largest absolute Gasteiger partial charge is 0.504 e. The molecule has 1 N–H and O–H groups in total. The van der Waals surface area contributed by atoms with Crippen molar-refractivity contribution in [2.45, 2.75) is 0 Å². The normalized spacial score (nSPS) is 11.3. The molecule has 4 aromatic rings. The zero-order valence-corrected chi connectivity index (χ0v) is 16.0. The molecule has 27 heavy (non-hydrogen) atoms. The SMILES string of the molecule is COc1cccc(C=Nc2ccc3oc(-c4ccccc4Br)nc3c2)c1O. The first kappa shape index (κ1) is 17.3. The van der Waals surface area contributed by atoms with E-state index < -0.39 is 0 Å². The molecular weight excluding hydrogens is 408 g/mol. The smallest absolute Gasteiger partial charge is 0.228 e. The Morgan fingerprint density at radius 2 is 1.96 bits per heavy atom. The number of phenols is 1. The Hall–Kier alpha value is -3.12. The van der Waals surface area contributed by atoms with Crippen LogP contribution in [0, 0.1) is 0 Å². The van der Waals surface area contributed by atoms with E-state index in [4.69, 9.17) is 9.15 Å². The number of halogens is 1. The van der Waals surface area contributed by atoms with E-state index in [1.54, 1.807) is 24.4 Å². The van der Waals surface area contributed by atoms with Crippen LogP contribution in [-0.4, -0.2) is 23.4 Å². The molecule has 5 nitrogen and oxygen atoms in total. The number of ether oxygens (including phenoxy) is 1. The molecule has 0 aliphatic heterocycles. The minimum atomic E-state index is 0.0579. The van der Waals surface area contributed by atoms with Crippen molar-refractivity contribution in [2.75, 3.05) is 7.11 Å². The molecule has 0 bridgehead atoms. The number of aliphatic imine (C=N–C) groups is 1. The van der Waals surface area contributed by atoms with Crippen molar-refractivity contribution in [3.8, 4) is 23.0 Å². The van der Waals surface area contributed by atoms with Crippen LogP contribution in [0.2, 0.25) is 0 Å². The number of oxazole rings is 1. The van der Waals surface area contributed by atoms with Gasteiger partial charge in [0.25, 0.3) is 0 Å². The van der Waals surface area contributed by atoms with Crippen LogP contribution in [0.25, 0.3) is 22.6 Å². The van der Waals surface area contributed by atoms with Gasteiger partial charge < -0.3 is 14.3 Å². The van der Waals surface area contributed by atoms with Gasteiger partial charge in [-0.3, -0.25) is 4.99 Å². The maximum atomic E-state index is 10.1. The maximum absolute atomic E-state index is 10.1. The van der Waals surface area contributed by atoms with Gasteiger partial charge in [0, 0.05) is 16.3 Å². The molecule has 6 heteroatoms. The Morgan fingerprint density at radius 1 is 1.11 bits per heavy atom. The first-order valence-electron chi connectivity index (χ1n) is 8.21. The fourth-order valence-corrected chi connectivity index (χ4v) is 3.15. The summed E-state index contributed by atoms with van der Waals surface area (Å²) in [4.78, 5) is 9.00. The summed E-state index contributed by atoms with van der Waals surface area (Å²) in [6, 6.07) is 18.5. The molecule has 1 aromatic heterocycles. The van der Waals surface area contributed by atoms with Crippen LogP contribution >= 0.6 is 15.9 Å². The van der Waals surface area contributed by atoms with Gasteiger partial charge in [0.05, 0.1) is 18.4 Å². The van der Waals surface area contributed by atoms with Crippen LogP contribution in [0.5, 0.6) is 11.5 Å². The molecule has 1 heterocycles. The molecule has 0 unspecified atom stereocenters. The van der Waals surface area contributed by atoms with Gasteiger partial charge in [-0.1, -0.05) is 18.2 Å². The number of benzene rings is 3. The van der Waals surface area contributed by atoms with Crippen molar-refractivity contribution in [3.05, 3.63) is 70.7 Å². The summed E-state index contributed by atoms with van der Waals surface area (Å²) in [5, 5.41) is 10.1. The van der Waals surface area contributed by atoms with Crippen molar-refractivity contribution >= 4 is 38.9 Å². The van der Waals surface area contributed by atoms with Crippen LogP contribution in [0.3, 0.4) is 0 Å². The Balaban J connectivity index is 1.67. The highest BCUT2D eigenvalue weighted by atomic mass is 79.9. The van der Waals surface area contributed by atoms with Gasteiger partial charge in [0.1, 0.15) is 5.52 Å². The second-order valence-electron chi connectivity index (χ2n) is 5.81. The van der Waals surface area contributed by atoms with Crippen molar-refractivity contribution in [3.63, 3.8) is 0 Å². The Kier molecular flexibility index (Phi) is 4.64. The summed E-state index contributed by atoms with van der Waals surface area (Å²) in [7, 11) is 1.51. The average Bonchev–Trinajstić information content (AvgIpc) is 3.10. The predicted molar refractivity (Wildman–Crippen MR) is 109 cm³/mol. The summed E-state index contributed by atoms with van der Waals surface area (Å²) in [6.45, 7) is 0. The average molecular weight is 423 g/mol. The molecule has 0 saturated heterocycles. The van der Waals surface area contributed by atoms with Crippen molar-refractivity contribution in [2.24, 2.45) is 4.99 Å². The molecule has 0 amide bonds. The van der Waals surface area contributed by atoms with E-state index in [2.05, 4.69) is 25.9 Å². The Morgan fingerprint density at radius 3 is 2.78 bits per heavy atom. The lowest BCUT2D eigenvalue weighted by Crippen LogP contribution is -1.88. The fourth-order valence-electron chi connectivity index (χ4n) is 2.70. The predicted octanol–water partition coefficient (Wildman–Crippen LogP) is 5.72. The molecule has 0 spiro atoms. The topological polar surface area (TPSA) is 67.9 Å². The number of aromatic nitrogens is 1. The lowest BCUT2D eigenvalue weighted by Gasteiger charge is -2.04. The number of phenolic OH excluding ortho intramolecular Hbond substituents is 1. The van der Waals surface area contributed by atoms with Gasteiger partial charge in [0.15, 0.2) is 17.1 Å². The monoisotopic (exact) mass is 422 g/mol. The molecule has 4 rings (SSSR count). The fraction of sp³-hybridized carbons (Fsp3) is 0.0476. The highest BCUT2D eigenvalue weighted by molar-refractivity contribution is 9.10. The molecule has 0 saturated carbocycles. The van der Waals surface area contributed by atoms with Crippen LogP contribution in [0.1, 0.15) is 5.56 Å². The third-order valence-corrected chi connectivity index (χ3v) is 4.77. The van der Waals surface area contributed by atoms with Gasteiger partial charge in [-0.15, -0.1) is 0 Å². The number of methoxy groups -OCH3 is 1. The van der Waals surface area contributed by atoms with E-state index >= 15 is 0 Å². The lowest BCUT2D eigenvalue weighted by molar-refractivity contribution is 0.373. The van der Waals surface area contributed by atoms with Crippen LogP contribution in [-0.2, 0) is 0 Å². The van der Waals surface area contributed by atoms with Gasteiger partial charge in [-0.05, 0) is 58.4 Å². The second kappa shape index (κ2) is 7.25. The summed E-state index contributed by atoms with van der Waals surface area (Å²) >= 11 is 3.52. The number of fused-ring (bicyclic) bond motifs is 1. The van der Waals surface area contributed by atoms with Crippen molar-refractivity contribution in [1.82, 2.24) is 4.98 Å². The van der Waals surface area contributed by atoms with Crippen LogP contribution in [0.4, 0.5) is 5.69 Å². The number of rotatable bonds is 4. The quantitative estimate of drug-likeness (QED) is 0.426. The van der Waals surface area contributed by atoms with E-state index in [9.17, 15) is 5.11 Å². The molecule has 134 valence electrons. The molecular formula is C21H15BrN2O3. The van der Waals surface area contributed by atoms with Gasteiger partial charge in [-0.2, -0.15) is 0 Å². The summed E-state index contributed by atoms with van der Waals surface area (Å²) in [5.41, 5.74) is 3.56. The van der Waals surface area contributed by atoms with Gasteiger partial charge in [-0.25, -0.2) is 4.98 Å². The minimum absolute atomic E-state index is 0.0579. The summed E-state index contributed by atoms with van der Waals surface area (Å²) in [5.74, 6) is 1.01. The van der Waals surface area contributed by atoms with E-state index in [1.165, 1.54) is 7.11 Å². The van der Waals surface area contributed by atoms with Crippen molar-refractivity contribution < 1.29 is 14.3 Å². The first-order chi connectivity index (χ1) is 13.2.